The van der Waals surface area contributed by atoms with Gasteiger partial charge in [0.05, 0.1) is 5.41 Å². The largest absolute Gasteiger partial charge is 0.482 e. The fourth-order valence-corrected chi connectivity index (χ4v) is 2.77. The summed E-state index contributed by atoms with van der Waals surface area (Å²) in [5, 5.41) is 11.6. The Kier molecular flexibility index (Phi) is 4.51. The van der Waals surface area contributed by atoms with Crippen LogP contribution in [0.1, 0.15) is 24.0 Å². The average molecular weight is 325 g/mol. The van der Waals surface area contributed by atoms with Gasteiger partial charge >= 0.3 is 5.97 Å². The lowest BCUT2D eigenvalue weighted by atomic mass is 9.95. The lowest BCUT2D eigenvalue weighted by Gasteiger charge is -2.16. The van der Waals surface area contributed by atoms with E-state index in [1.807, 2.05) is 36.4 Å². The predicted molar refractivity (Wildman–Crippen MR) is 88.8 cm³/mol. The van der Waals surface area contributed by atoms with E-state index >= 15 is 0 Å². The number of ether oxygens (including phenoxy) is 1. The molecule has 0 unspecified atom stereocenters. The molecule has 5 nitrogen and oxygen atoms in total. The zero-order chi connectivity index (χ0) is 17.0. The van der Waals surface area contributed by atoms with E-state index in [2.05, 4.69) is 5.32 Å². The summed E-state index contributed by atoms with van der Waals surface area (Å²) in [6.07, 6.45) is 1.73. The standard InChI is InChI=1S/C19H19NO4/c21-17(22)13-24-16-8-4-5-14(11-16)12-20-18(23)19(9-10-19)15-6-2-1-3-7-15/h1-8,11H,9-10,12-13H2,(H,20,23)(H,21,22). The molecule has 3 rings (SSSR count). The van der Waals surface area contributed by atoms with Crippen LogP contribution >= 0.6 is 0 Å². The van der Waals surface area contributed by atoms with Gasteiger partial charge in [-0.15, -0.1) is 0 Å². The second-order valence-electron chi connectivity index (χ2n) is 5.96. The Labute approximate surface area is 140 Å². The van der Waals surface area contributed by atoms with E-state index in [1.54, 1.807) is 18.2 Å². The highest BCUT2D eigenvalue weighted by Crippen LogP contribution is 2.48. The Bertz CT molecular complexity index is 738. The van der Waals surface area contributed by atoms with Gasteiger partial charge in [0.1, 0.15) is 5.75 Å². The van der Waals surface area contributed by atoms with Crippen molar-refractivity contribution in [3.8, 4) is 5.75 Å². The van der Waals surface area contributed by atoms with Crippen molar-refractivity contribution in [2.24, 2.45) is 0 Å². The van der Waals surface area contributed by atoms with Crippen LogP contribution in [-0.2, 0) is 21.5 Å². The lowest BCUT2D eigenvalue weighted by Crippen LogP contribution is -2.34. The summed E-state index contributed by atoms with van der Waals surface area (Å²) in [4.78, 5) is 23.1. The number of carboxylic acid groups (broad SMARTS) is 1. The molecule has 24 heavy (non-hydrogen) atoms. The first-order valence-corrected chi connectivity index (χ1v) is 7.87. The maximum Gasteiger partial charge on any atom is 0.341 e. The molecule has 1 amide bonds. The Balaban J connectivity index is 1.61. The van der Waals surface area contributed by atoms with Gasteiger partial charge in [0, 0.05) is 6.54 Å². The quantitative estimate of drug-likeness (QED) is 0.820. The summed E-state index contributed by atoms with van der Waals surface area (Å²) in [6, 6.07) is 16.9. The van der Waals surface area contributed by atoms with Gasteiger partial charge < -0.3 is 15.2 Å². The van der Waals surface area contributed by atoms with E-state index in [1.165, 1.54) is 0 Å². The fraction of sp³-hybridized carbons (Fsp3) is 0.263. The van der Waals surface area contributed by atoms with Crippen molar-refractivity contribution in [2.45, 2.75) is 24.8 Å². The van der Waals surface area contributed by atoms with Crippen LogP contribution in [-0.4, -0.2) is 23.6 Å². The first-order valence-electron chi connectivity index (χ1n) is 7.87. The van der Waals surface area contributed by atoms with Gasteiger partial charge in [0.25, 0.3) is 0 Å². The third kappa shape index (κ3) is 3.56. The van der Waals surface area contributed by atoms with E-state index < -0.39 is 11.4 Å². The molecule has 2 N–H and O–H groups in total. The Morgan fingerprint density at radius 2 is 1.83 bits per heavy atom. The molecule has 0 aliphatic heterocycles. The molecule has 0 atom stereocenters. The number of hydrogen-bond donors (Lipinski definition) is 2. The molecule has 124 valence electrons. The first-order chi connectivity index (χ1) is 11.6. The first kappa shape index (κ1) is 16.1. The predicted octanol–water partition coefficient (Wildman–Crippen LogP) is 2.50. The second kappa shape index (κ2) is 6.74. The third-order valence-corrected chi connectivity index (χ3v) is 4.22. The van der Waals surface area contributed by atoms with Crippen LogP contribution in [0.4, 0.5) is 0 Å². The van der Waals surface area contributed by atoms with Gasteiger partial charge in [-0.1, -0.05) is 42.5 Å². The normalized spacial score (nSPS) is 14.7. The highest BCUT2D eigenvalue weighted by atomic mass is 16.5. The molecule has 1 aliphatic rings. The van der Waals surface area contributed by atoms with Crippen LogP contribution in [0.25, 0.3) is 0 Å². The van der Waals surface area contributed by atoms with E-state index in [4.69, 9.17) is 9.84 Å². The number of carbonyl (C=O) groups is 2. The van der Waals surface area contributed by atoms with Crippen LogP contribution < -0.4 is 10.1 Å². The molecular weight excluding hydrogens is 306 g/mol. The zero-order valence-corrected chi connectivity index (χ0v) is 13.2. The van der Waals surface area contributed by atoms with Crippen molar-refractivity contribution in [3.63, 3.8) is 0 Å². The Morgan fingerprint density at radius 3 is 2.50 bits per heavy atom. The Hall–Kier alpha value is -2.82. The zero-order valence-electron chi connectivity index (χ0n) is 13.2. The van der Waals surface area contributed by atoms with Crippen molar-refractivity contribution >= 4 is 11.9 Å². The van der Waals surface area contributed by atoms with Crippen molar-refractivity contribution in [1.82, 2.24) is 5.32 Å². The maximum atomic E-state index is 12.6. The molecular formula is C19H19NO4. The topological polar surface area (TPSA) is 75.6 Å². The van der Waals surface area contributed by atoms with Crippen molar-refractivity contribution in [2.75, 3.05) is 6.61 Å². The van der Waals surface area contributed by atoms with Crippen LogP contribution in [0.15, 0.2) is 54.6 Å². The smallest absolute Gasteiger partial charge is 0.341 e. The molecule has 1 aliphatic carbocycles. The number of amides is 1. The minimum Gasteiger partial charge on any atom is -0.482 e. The van der Waals surface area contributed by atoms with Crippen LogP contribution in [0, 0.1) is 0 Å². The molecule has 0 aromatic heterocycles. The third-order valence-electron chi connectivity index (χ3n) is 4.22. The van der Waals surface area contributed by atoms with Crippen LogP contribution in [0.2, 0.25) is 0 Å². The van der Waals surface area contributed by atoms with E-state index in [9.17, 15) is 9.59 Å². The second-order valence-corrected chi connectivity index (χ2v) is 5.96. The number of rotatable bonds is 7. The summed E-state index contributed by atoms with van der Waals surface area (Å²) >= 11 is 0. The molecule has 0 saturated heterocycles. The summed E-state index contributed by atoms with van der Waals surface area (Å²) in [5.41, 5.74) is 1.54. The number of hydrogen-bond acceptors (Lipinski definition) is 3. The van der Waals surface area contributed by atoms with E-state index in [-0.39, 0.29) is 12.5 Å². The molecule has 2 aromatic carbocycles. The minimum absolute atomic E-state index is 0.0329. The van der Waals surface area contributed by atoms with Gasteiger partial charge in [-0.05, 0) is 36.1 Å². The molecule has 0 spiro atoms. The average Bonchev–Trinajstić information content (AvgIpc) is 3.41. The van der Waals surface area contributed by atoms with Crippen molar-refractivity contribution in [3.05, 3.63) is 65.7 Å². The fourth-order valence-electron chi connectivity index (χ4n) is 2.77. The molecule has 0 bridgehead atoms. The monoisotopic (exact) mass is 325 g/mol. The Morgan fingerprint density at radius 1 is 1.08 bits per heavy atom. The highest BCUT2D eigenvalue weighted by Gasteiger charge is 2.50. The number of aliphatic carboxylic acids is 1. The maximum absolute atomic E-state index is 12.6. The summed E-state index contributed by atoms with van der Waals surface area (Å²) < 4.78 is 5.15. The van der Waals surface area contributed by atoms with E-state index in [0.29, 0.717) is 12.3 Å². The number of carboxylic acids is 1. The van der Waals surface area contributed by atoms with Gasteiger partial charge in [-0.3, -0.25) is 4.79 Å². The molecule has 0 heterocycles. The molecule has 1 fully saturated rings. The van der Waals surface area contributed by atoms with Crippen LogP contribution in [0.5, 0.6) is 5.75 Å². The molecule has 1 saturated carbocycles. The van der Waals surface area contributed by atoms with E-state index in [0.717, 1.165) is 24.0 Å². The van der Waals surface area contributed by atoms with Gasteiger partial charge in [0.2, 0.25) is 5.91 Å². The summed E-state index contributed by atoms with van der Waals surface area (Å²) in [5.74, 6) is -0.508. The minimum atomic E-state index is -1.02. The summed E-state index contributed by atoms with van der Waals surface area (Å²) in [6.45, 7) is 0.00458. The molecule has 2 aromatic rings. The van der Waals surface area contributed by atoms with Gasteiger partial charge in [-0.25, -0.2) is 4.79 Å². The summed E-state index contributed by atoms with van der Waals surface area (Å²) in [7, 11) is 0. The highest BCUT2D eigenvalue weighted by molar-refractivity contribution is 5.91. The van der Waals surface area contributed by atoms with Crippen molar-refractivity contribution < 1.29 is 19.4 Å². The molecule has 5 heteroatoms. The number of nitrogens with one attached hydrogen (secondary N) is 1. The van der Waals surface area contributed by atoms with Gasteiger partial charge in [-0.2, -0.15) is 0 Å². The van der Waals surface area contributed by atoms with Crippen LogP contribution in [0.3, 0.4) is 0 Å². The number of carbonyl (C=O) groups excluding carboxylic acids is 1. The lowest BCUT2D eigenvalue weighted by molar-refractivity contribution is -0.139. The van der Waals surface area contributed by atoms with Gasteiger partial charge in [0.15, 0.2) is 6.61 Å². The SMILES string of the molecule is O=C(O)COc1cccc(CNC(=O)C2(c3ccccc3)CC2)c1. The van der Waals surface area contributed by atoms with Crippen molar-refractivity contribution in [1.29, 1.82) is 0 Å². The molecule has 0 radical (unpaired) electrons. The number of benzene rings is 2.